The number of hydrogen-bond donors (Lipinski definition) is 1. The maximum atomic E-state index is 11.9. The molecule has 0 saturated carbocycles. The second kappa shape index (κ2) is 5.81. The van der Waals surface area contributed by atoms with Gasteiger partial charge in [0.25, 0.3) is 0 Å². The lowest BCUT2D eigenvalue weighted by Crippen LogP contribution is -2.32. The standard InChI is InChI=1S/C17H13NO4/c18-15-16(19)13-10-12(6-7-14(13)22-17(15)20)21-9-8-11-4-2-1-3-5-11/h1-7,10,18H,8-9H2. The monoisotopic (exact) mass is 295 g/mol. The largest absolute Gasteiger partial charge is 0.493 e. The third kappa shape index (κ3) is 2.74. The van der Waals surface area contributed by atoms with Gasteiger partial charge in [-0.1, -0.05) is 30.3 Å². The maximum Gasteiger partial charge on any atom is 0.365 e. The van der Waals surface area contributed by atoms with Crippen molar-refractivity contribution in [3.05, 3.63) is 59.7 Å². The highest BCUT2D eigenvalue weighted by molar-refractivity contribution is 6.68. The molecule has 3 rings (SSSR count). The Morgan fingerprint density at radius 3 is 2.59 bits per heavy atom. The molecule has 0 atom stereocenters. The summed E-state index contributed by atoms with van der Waals surface area (Å²) in [7, 11) is 0. The molecule has 2 aromatic rings. The van der Waals surface area contributed by atoms with Gasteiger partial charge in [0.15, 0.2) is 5.71 Å². The minimum atomic E-state index is -0.921. The quantitative estimate of drug-likeness (QED) is 0.694. The van der Waals surface area contributed by atoms with Gasteiger partial charge < -0.3 is 9.47 Å². The molecule has 0 amide bonds. The Labute approximate surface area is 127 Å². The van der Waals surface area contributed by atoms with E-state index in [0.717, 1.165) is 12.0 Å². The second-order valence-electron chi connectivity index (χ2n) is 4.84. The summed E-state index contributed by atoms with van der Waals surface area (Å²) < 4.78 is 10.5. The van der Waals surface area contributed by atoms with Crippen LogP contribution >= 0.6 is 0 Å². The topological polar surface area (TPSA) is 76.5 Å². The van der Waals surface area contributed by atoms with Crippen LogP contribution in [0.2, 0.25) is 0 Å². The van der Waals surface area contributed by atoms with E-state index < -0.39 is 17.5 Å². The van der Waals surface area contributed by atoms with Gasteiger partial charge in [-0.05, 0) is 23.8 Å². The molecule has 2 aromatic carbocycles. The molecule has 0 fully saturated rings. The molecule has 22 heavy (non-hydrogen) atoms. The number of benzene rings is 2. The van der Waals surface area contributed by atoms with Crippen molar-refractivity contribution in [2.24, 2.45) is 0 Å². The van der Waals surface area contributed by atoms with E-state index in [9.17, 15) is 9.59 Å². The zero-order chi connectivity index (χ0) is 15.5. The highest BCUT2D eigenvalue weighted by atomic mass is 16.5. The van der Waals surface area contributed by atoms with Gasteiger partial charge in [0, 0.05) is 6.42 Å². The van der Waals surface area contributed by atoms with Crippen molar-refractivity contribution in [2.75, 3.05) is 6.61 Å². The van der Waals surface area contributed by atoms with Crippen molar-refractivity contribution in [1.82, 2.24) is 0 Å². The molecule has 1 aliphatic heterocycles. The first kappa shape index (κ1) is 14.0. The fraction of sp³-hybridized carbons (Fsp3) is 0.118. The third-order valence-electron chi connectivity index (χ3n) is 3.33. The van der Waals surface area contributed by atoms with E-state index >= 15 is 0 Å². The maximum absolute atomic E-state index is 11.9. The van der Waals surface area contributed by atoms with E-state index in [1.807, 2.05) is 30.3 Å². The molecule has 5 nitrogen and oxygen atoms in total. The summed E-state index contributed by atoms with van der Waals surface area (Å²) in [6, 6.07) is 14.6. The molecular weight excluding hydrogens is 282 g/mol. The third-order valence-corrected chi connectivity index (χ3v) is 3.33. The Morgan fingerprint density at radius 2 is 1.82 bits per heavy atom. The van der Waals surface area contributed by atoms with Crippen LogP contribution in [0.1, 0.15) is 15.9 Å². The van der Waals surface area contributed by atoms with Crippen LogP contribution in [0.5, 0.6) is 11.5 Å². The zero-order valence-electron chi connectivity index (χ0n) is 11.7. The summed E-state index contributed by atoms with van der Waals surface area (Å²) in [5.74, 6) is -0.884. The van der Waals surface area contributed by atoms with E-state index in [-0.39, 0.29) is 11.3 Å². The first-order valence-electron chi connectivity index (χ1n) is 6.81. The molecule has 0 unspecified atom stereocenters. The van der Waals surface area contributed by atoms with Crippen LogP contribution in [0.4, 0.5) is 0 Å². The molecule has 110 valence electrons. The highest BCUT2D eigenvalue weighted by Gasteiger charge is 2.31. The molecule has 0 aromatic heterocycles. The number of nitrogens with one attached hydrogen (secondary N) is 1. The zero-order valence-corrected chi connectivity index (χ0v) is 11.7. The summed E-state index contributed by atoms with van der Waals surface area (Å²) in [6.07, 6.45) is 0.747. The Bertz CT molecular complexity index is 753. The number of esters is 1. The molecule has 1 heterocycles. The Morgan fingerprint density at radius 1 is 1.05 bits per heavy atom. The molecule has 5 heteroatoms. The van der Waals surface area contributed by atoms with Gasteiger partial charge in [-0.2, -0.15) is 0 Å². The summed E-state index contributed by atoms with van der Waals surface area (Å²) in [5.41, 5.74) is 0.683. The first-order valence-corrected chi connectivity index (χ1v) is 6.81. The molecule has 0 aliphatic carbocycles. The van der Waals surface area contributed by atoms with Crippen LogP contribution in [0.25, 0.3) is 0 Å². The predicted molar refractivity (Wildman–Crippen MR) is 79.8 cm³/mol. The van der Waals surface area contributed by atoms with Gasteiger partial charge >= 0.3 is 5.97 Å². The fourth-order valence-electron chi connectivity index (χ4n) is 2.17. The normalized spacial score (nSPS) is 13.5. The van der Waals surface area contributed by atoms with Crippen LogP contribution in [-0.4, -0.2) is 24.1 Å². The van der Waals surface area contributed by atoms with Gasteiger partial charge in [-0.25, -0.2) is 4.79 Å². The average Bonchev–Trinajstić information content (AvgIpc) is 2.54. The SMILES string of the molecule is N=C1C(=O)Oc2ccc(OCCc3ccccc3)cc2C1=O. The number of rotatable bonds is 4. The molecular formula is C17H13NO4. The van der Waals surface area contributed by atoms with Crippen LogP contribution in [0, 0.1) is 5.41 Å². The van der Waals surface area contributed by atoms with Crippen molar-refractivity contribution < 1.29 is 19.1 Å². The second-order valence-corrected chi connectivity index (χ2v) is 4.84. The lowest BCUT2D eigenvalue weighted by molar-refractivity contribution is -0.127. The molecule has 0 radical (unpaired) electrons. The number of ether oxygens (including phenoxy) is 2. The van der Waals surface area contributed by atoms with Crippen LogP contribution < -0.4 is 9.47 Å². The van der Waals surface area contributed by atoms with Crippen LogP contribution in [0.3, 0.4) is 0 Å². The number of fused-ring (bicyclic) bond motifs is 1. The molecule has 0 bridgehead atoms. The van der Waals surface area contributed by atoms with Crippen LogP contribution in [-0.2, 0) is 11.2 Å². The van der Waals surface area contributed by atoms with E-state index in [2.05, 4.69) is 0 Å². The lowest BCUT2D eigenvalue weighted by Gasteiger charge is -2.16. The number of carbonyl (C=O) groups excluding carboxylic acids is 2. The van der Waals surface area contributed by atoms with Crippen molar-refractivity contribution in [3.63, 3.8) is 0 Å². The van der Waals surface area contributed by atoms with Crippen molar-refractivity contribution >= 4 is 17.5 Å². The van der Waals surface area contributed by atoms with Crippen LogP contribution in [0.15, 0.2) is 48.5 Å². The molecule has 0 spiro atoms. The number of carbonyl (C=O) groups is 2. The van der Waals surface area contributed by atoms with Crippen molar-refractivity contribution in [2.45, 2.75) is 6.42 Å². The first-order chi connectivity index (χ1) is 10.6. The van der Waals surface area contributed by atoms with E-state index in [1.54, 1.807) is 6.07 Å². The Kier molecular flexibility index (Phi) is 3.70. The van der Waals surface area contributed by atoms with E-state index in [0.29, 0.717) is 12.4 Å². The van der Waals surface area contributed by atoms with Gasteiger partial charge in [0.2, 0.25) is 5.78 Å². The van der Waals surface area contributed by atoms with Crippen molar-refractivity contribution in [1.29, 1.82) is 5.41 Å². The minimum Gasteiger partial charge on any atom is -0.493 e. The summed E-state index contributed by atoms with van der Waals surface area (Å²) in [5, 5.41) is 7.39. The van der Waals surface area contributed by atoms with Gasteiger partial charge in [-0.3, -0.25) is 10.2 Å². The summed E-state index contributed by atoms with van der Waals surface area (Å²) >= 11 is 0. The predicted octanol–water partition coefficient (Wildman–Crippen LogP) is 2.43. The summed E-state index contributed by atoms with van der Waals surface area (Å²) in [4.78, 5) is 23.2. The average molecular weight is 295 g/mol. The number of ketones is 1. The van der Waals surface area contributed by atoms with Gasteiger partial charge in [0.05, 0.1) is 12.2 Å². The Balaban J connectivity index is 1.70. The molecule has 1 N–H and O–H groups in total. The van der Waals surface area contributed by atoms with Crippen molar-refractivity contribution in [3.8, 4) is 11.5 Å². The number of hydrogen-bond acceptors (Lipinski definition) is 5. The van der Waals surface area contributed by atoms with Gasteiger partial charge in [0.1, 0.15) is 11.5 Å². The fourth-order valence-corrected chi connectivity index (χ4v) is 2.17. The Hall–Kier alpha value is -2.95. The number of Topliss-reactive ketones (excluding diaryl/α,β-unsaturated/α-hetero) is 1. The molecule has 1 aliphatic rings. The smallest absolute Gasteiger partial charge is 0.365 e. The lowest BCUT2D eigenvalue weighted by atomic mass is 10.0. The minimum absolute atomic E-state index is 0.168. The summed E-state index contributed by atoms with van der Waals surface area (Å²) in [6.45, 7) is 0.466. The van der Waals surface area contributed by atoms with E-state index in [1.165, 1.54) is 12.1 Å². The highest BCUT2D eigenvalue weighted by Crippen LogP contribution is 2.28. The van der Waals surface area contributed by atoms with E-state index in [4.69, 9.17) is 14.9 Å². The molecule has 0 saturated heterocycles. The van der Waals surface area contributed by atoms with Gasteiger partial charge in [-0.15, -0.1) is 0 Å².